The Kier molecular flexibility index (Phi) is 6.14. The quantitative estimate of drug-likeness (QED) is 0.706. The van der Waals surface area contributed by atoms with Gasteiger partial charge in [-0.2, -0.15) is 0 Å². The average molecular weight is 282 g/mol. The van der Waals surface area contributed by atoms with Gasteiger partial charge in [0.15, 0.2) is 0 Å². The van der Waals surface area contributed by atoms with Crippen molar-refractivity contribution < 1.29 is 14.7 Å². The monoisotopic (exact) mass is 282 g/mol. The van der Waals surface area contributed by atoms with E-state index in [1.165, 1.54) is 0 Å². The minimum atomic E-state index is -0.782. The largest absolute Gasteiger partial charge is 0.481 e. The first-order valence-corrected chi connectivity index (χ1v) is 6.72. The molecule has 0 unspecified atom stereocenters. The number of hydrogen-bond acceptors (Lipinski definition) is 4. The summed E-state index contributed by atoms with van der Waals surface area (Å²) in [5, 5.41) is 19.0. The minimum Gasteiger partial charge on any atom is -0.481 e. The van der Waals surface area contributed by atoms with Crippen molar-refractivity contribution in [3.63, 3.8) is 0 Å². The van der Waals surface area contributed by atoms with Gasteiger partial charge in [-0.25, -0.2) is 0 Å². The standard InChI is InChI=1S/C13H22N4O3/c1-13(2,5-3-12(19)20)6-7-14-11(18)4-9-17-10-8-15-16-17/h8,10H,3-7,9H2,1-2H3,(H,14,18)(H,19,20). The molecule has 7 heteroatoms. The number of aryl methyl sites for hydroxylation is 1. The fourth-order valence-electron chi connectivity index (χ4n) is 1.77. The lowest BCUT2D eigenvalue weighted by Gasteiger charge is -2.23. The van der Waals surface area contributed by atoms with Gasteiger partial charge in [-0.1, -0.05) is 19.1 Å². The molecule has 0 spiro atoms. The van der Waals surface area contributed by atoms with E-state index in [0.29, 0.717) is 25.9 Å². The predicted molar refractivity (Wildman–Crippen MR) is 72.9 cm³/mol. The lowest BCUT2D eigenvalue weighted by atomic mass is 9.84. The van der Waals surface area contributed by atoms with Crippen LogP contribution >= 0.6 is 0 Å². The molecule has 0 fully saturated rings. The molecule has 1 heterocycles. The summed E-state index contributed by atoms with van der Waals surface area (Å²) in [6.07, 6.45) is 5.17. The van der Waals surface area contributed by atoms with E-state index in [4.69, 9.17) is 5.11 Å². The van der Waals surface area contributed by atoms with E-state index < -0.39 is 5.97 Å². The van der Waals surface area contributed by atoms with Crippen molar-refractivity contribution in [2.45, 2.75) is 46.1 Å². The molecule has 0 atom stereocenters. The van der Waals surface area contributed by atoms with Crippen LogP contribution in [-0.4, -0.2) is 38.5 Å². The summed E-state index contributed by atoms with van der Waals surface area (Å²) in [4.78, 5) is 22.2. The number of carboxylic acids is 1. The number of hydrogen-bond donors (Lipinski definition) is 2. The van der Waals surface area contributed by atoms with Gasteiger partial charge in [0.1, 0.15) is 0 Å². The highest BCUT2D eigenvalue weighted by Crippen LogP contribution is 2.25. The zero-order valence-corrected chi connectivity index (χ0v) is 12.0. The number of carbonyl (C=O) groups is 2. The molecule has 0 aliphatic carbocycles. The van der Waals surface area contributed by atoms with Gasteiger partial charge in [-0.05, 0) is 18.3 Å². The SMILES string of the molecule is CC(C)(CCNC(=O)CCn1ccnn1)CCC(=O)O. The van der Waals surface area contributed by atoms with Crippen molar-refractivity contribution in [1.82, 2.24) is 20.3 Å². The Balaban J connectivity index is 2.15. The van der Waals surface area contributed by atoms with Crippen LogP contribution in [0.25, 0.3) is 0 Å². The van der Waals surface area contributed by atoms with Gasteiger partial charge in [0.25, 0.3) is 0 Å². The maximum absolute atomic E-state index is 11.6. The molecule has 7 nitrogen and oxygen atoms in total. The van der Waals surface area contributed by atoms with Crippen molar-refractivity contribution in [2.24, 2.45) is 5.41 Å². The minimum absolute atomic E-state index is 0.0328. The Hall–Kier alpha value is -1.92. The molecule has 0 radical (unpaired) electrons. The highest BCUT2D eigenvalue weighted by atomic mass is 16.4. The fraction of sp³-hybridized carbons (Fsp3) is 0.692. The second kappa shape index (κ2) is 7.62. The maximum atomic E-state index is 11.6. The molecule has 1 aromatic rings. The third kappa shape index (κ3) is 6.86. The molecule has 0 aliphatic rings. The molecule has 1 amide bonds. The van der Waals surface area contributed by atoms with Gasteiger partial charge in [-0.15, -0.1) is 5.10 Å². The molecule has 0 aliphatic heterocycles. The zero-order chi connectivity index (χ0) is 15.0. The molecule has 1 rings (SSSR count). The zero-order valence-electron chi connectivity index (χ0n) is 12.0. The van der Waals surface area contributed by atoms with Crippen LogP contribution in [-0.2, 0) is 16.1 Å². The molecule has 0 aromatic carbocycles. The molecule has 2 N–H and O–H groups in total. The maximum Gasteiger partial charge on any atom is 0.303 e. The van der Waals surface area contributed by atoms with E-state index in [1.54, 1.807) is 17.1 Å². The lowest BCUT2D eigenvalue weighted by molar-refractivity contribution is -0.137. The summed E-state index contributed by atoms with van der Waals surface area (Å²) in [6.45, 7) is 5.09. The van der Waals surface area contributed by atoms with Crippen LogP contribution in [0.4, 0.5) is 0 Å². The summed E-state index contributed by atoms with van der Waals surface area (Å²) in [6, 6.07) is 0. The van der Waals surface area contributed by atoms with Crippen molar-refractivity contribution in [3.05, 3.63) is 12.4 Å². The van der Waals surface area contributed by atoms with E-state index in [2.05, 4.69) is 15.6 Å². The molecular formula is C13H22N4O3. The van der Waals surface area contributed by atoms with Crippen LogP contribution < -0.4 is 5.32 Å². The Labute approximate surface area is 118 Å². The topological polar surface area (TPSA) is 97.1 Å². The van der Waals surface area contributed by atoms with Crippen LogP contribution in [0, 0.1) is 5.41 Å². The summed E-state index contributed by atoms with van der Waals surface area (Å²) < 4.78 is 1.61. The Bertz CT molecular complexity index is 429. The molecule has 0 saturated heterocycles. The lowest BCUT2D eigenvalue weighted by Crippen LogP contribution is -2.29. The van der Waals surface area contributed by atoms with Crippen molar-refractivity contribution in [1.29, 1.82) is 0 Å². The summed E-state index contributed by atoms with van der Waals surface area (Å²) >= 11 is 0. The average Bonchev–Trinajstić information content (AvgIpc) is 2.87. The van der Waals surface area contributed by atoms with Crippen LogP contribution in [0.2, 0.25) is 0 Å². The van der Waals surface area contributed by atoms with Gasteiger partial charge in [0.05, 0.1) is 12.7 Å². The summed E-state index contributed by atoms with van der Waals surface area (Å²) in [5.41, 5.74) is -0.0857. The summed E-state index contributed by atoms with van der Waals surface area (Å²) in [5.74, 6) is -0.815. The van der Waals surface area contributed by atoms with Crippen LogP contribution in [0.1, 0.15) is 39.5 Å². The van der Waals surface area contributed by atoms with Gasteiger partial charge in [0.2, 0.25) is 5.91 Å². The number of carboxylic acid groups (broad SMARTS) is 1. The second-order valence-corrected chi connectivity index (χ2v) is 5.57. The van der Waals surface area contributed by atoms with E-state index in [0.717, 1.165) is 6.42 Å². The van der Waals surface area contributed by atoms with Crippen LogP contribution in [0.5, 0.6) is 0 Å². The van der Waals surface area contributed by atoms with Crippen molar-refractivity contribution >= 4 is 11.9 Å². The normalized spacial score (nSPS) is 11.3. The Morgan fingerprint density at radius 1 is 1.30 bits per heavy atom. The molecule has 0 bridgehead atoms. The first-order valence-electron chi connectivity index (χ1n) is 6.72. The summed E-state index contributed by atoms with van der Waals surface area (Å²) in [7, 11) is 0. The number of nitrogens with one attached hydrogen (secondary N) is 1. The number of aliphatic carboxylic acids is 1. The van der Waals surface area contributed by atoms with E-state index in [-0.39, 0.29) is 17.7 Å². The molecular weight excluding hydrogens is 260 g/mol. The second-order valence-electron chi connectivity index (χ2n) is 5.57. The third-order valence-corrected chi connectivity index (χ3v) is 3.18. The predicted octanol–water partition coefficient (Wildman–Crippen LogP) is 1.07. The molecule has 20 heavy (non-hydrogen) atoms. The Morgan fingerprint density at radius 3 is 2.65 bits per heavy atom. The van der Waals surface area contributed by atoms with Gasteiger partial charge in [0, 0.05) is 25.6 Å². The van der Waals surface area contributed by atoms with Crippen molar-refractivity contribution in [2.75, 3.05) is 6.54 Å². The third-order valence-electron chi connectivity index (χ3n) is 3.18. The fourth-order valence-corrected chi connectivity index (χ4v) is 1.77. The number of carbonyl (C=O) groups excluding carboxylic acids is 1. The molecule has 0 saturated carbocycles. The molecule has 112 valence electrons. The highest BCUT2D eigenvalue weighted by molar-refractivity contribution is 5.75. The van der Waals surface area contributed by atoms with Crippen molar-refractivity contribution in [3.8, 4) is 0 Å². The number of nitrogens with zero attached hydrogens (tertiary/aromatic N) is 3. The number of amides is 1. The number of aromatic nitrogens is 3. The van der Waals surface area contributed by atoms with Crippen LogP contribution in [0.3, 0.4) is 0 Å². The van der Waals surface area contributed by atoms with Gasteiger partial charge in [-0.3, -0.25) is 14.3 Å². The molecule has 1 aromatic heterocycles. The first kappa shape index (κ1) is 16.1. The van der Waals surface area contributed by atoms with Crippen LogP contribution in [0.15, 0.2) is 12.4 Å². The first-order chi connectivity index (χ1) is 9.39. The number of rotatable bonds is 9. The van der Waals surface area contributed by atoms with E-state index in [1.807, 2.05) is 13.8 Å². The smallest absolute Gasteiger partial charge is 0.303 e. The highest BCUT2D eigenvalue weighted by Gasteiger charge is 2.19. The van der Waals surface area contributed by atoms with E-state index >= 15 is 0 Å². The van der Waals surface area contributed by atoms with E-state index in [9.17, 15) is 9.59 Å². The van der Waals surface area contributed by atoms with Gasteiger partial charge >= 0.3 is 5.97 Å². The van der Waals surface area contributed by atoms with Gasteiger partial charge < -0.3 is 10.4 Å². The Morgan fingerprint density at radius 2 is 2.05 bits per heavy atom.